The highest BCUT2D eigenvalue weighted by Crippen LogP contribution is 2.30. The number of ether oxygens (including phenoxy) is 2. The standard InChI is InChI=1S/C15H21N3O3/c1-10-13(8-19)21-11(2)14(17-18-16)15(10)20-9-12-6-4-3-5-7-12/h3-7,10-11,13-15,19H,8-9H2,1-2H3/t10?,11?,13?,14-,15-/m0/s1. The zero-order valence-electron chi connectivity index (χ0n) is 12.3. The van der Waals surface area contributed by atoms with Crippen LogP contribution in [0.3, 0.4) is 0 Å². The smallest absolute Gasteiger partial charge is 0.0899 e. The van der Waals surface area contributed by atoms with Crippen molar-refractivity contribution in [1.82, 2.24) is 0 Å². The van der Waals surface area contributed by atoms with Crippen molar-refractivity contribution in [2.45, 2.75) is 44.8 Å². The first-order valence-corrected chi connectivity index (χ1v) is 7.13. The summed E-state index contributed by atoms with van der Waals surface area (Å²) in [4.78, 5) is 2.90. The lowest BCUT2D eigenvalue weighted by Gasteiger charge is -2.42. The van der Waals surface area contributed by atoms with Gasteiger partial charge in [-0.25, -0.2) is 0 Å². The summed E-state index contributed by atoms with van der Waals surface area (Å²) >= 11 is 0. The minimum atomic E-state index is -0.392. The Labute approximate surface area is 124 Å². The summed E-state index contributed by atoms with van der Waals surface area (Å²) in [6, 6.07) is 9.44. The topological polar surface area (TPSA) is 87.5 Å². The Morgan fingerprint density at radius 2 is 2.05 bits per heavy atom. The predicted molar refractivity (Wildman–Crippen MR) is 78.5 cm³/mol. The van der Waals surface area contributed by atoms with Crippen molar-refractivity contribution in [2.24, 2.45) is 11.0 Å². The molecule has 1 heterocycles. The van der Waals surface area contributed by atoms with Gasteiger partial charge in [-0.15, -0.1) is 0 Å². The Hall–Kier alpha value is -1.59. The van der Waals surface area contributed by atoms with Gasteiger partial charge in [-0.3, -0.25) is 0 Å². The maximum atomic E-state index is 9.41. The first kappa shape index (κ1) is 15.8. The maximum Gasteiger partial charge on any atom is 0.0899 e. The molecule has 0 spiro atoms. The quantitative estimate of drug-likeness (QED) is 0.514. The number of hydrogen-bond donors (Lipinski definition) is 1. The first-order chi connectivity index (χ1) is 10.2. The third-order valence-electron chi connectivity index (χ3n) is 3.96. The van der Waals surface area contributed by atoms with E-state index in [1.165, 1.54) is 0 Å². The number of hydrogen-bond acceptors (Lipinski definition) is 4. The predicted octanol–water partition coefficient (Wildman–Crippen LogP) is 2.67. The van der Waals surface area contributed by atoms with E-state index < -0.39 is 6.04 Å². The van der Waals surface area contributed by atoms with Gasteiger partial charge >= 0.3 is 0 Å². The molecular formula is C15H21N3O3. The molecule has 2 rings (SSSR count). The van der Waals surface area contributed by atoms with E-state index in [9.17, 15) is 5.11 Å². The number of aliphatic hydroxyl groups excluding tert-OH is 1. The van der Waals surface area contributed by atoms with Crippen LogP contribution in [-0.4, -0.2) is 36.1 Å². The molecule has 1 saturated heterocycles. The Balaban J connectivity index is 2.11. The van der Waals surface area contributed by atoms with E-state index in [4.69, 9.17) is 15.0 Å². The van der Waals surface area contributed by atoms with Crippen LogP contribution in [0.5, 0.6) is 0 Å². The van der Waals surface area contributed by atoms with E-state index in [2.05, 4.69) is 10.0 Å². The molecule has 5 atom stereocenters. The summed E-state index contributed by atoms with van der Waals surface area (Å²) in [5.74, 6) is -0.0505. The molecule has 0 saturated carbocycles. The van der Waals surface area contributed by atoms with Crippen LogP contribution in [0.25, 0.3) is 10.4 Å². The molecule has 0 aromatic heterocycles. The molecule has 3 unspecified atom stereocenters. The van der Waals surface area contributed by atoms with E-state index in [-0.39, 0.29) is 30.8 Å². The molecule has 1 aromatic carbocycles. The van der Waals surface area contributed by atoms with E-state index >= 15 is 0 Å². The molecule has 1 fully saturated rings. The van der Waals surface area contributed by atoms with Gasteiger partial charge in [0.1, 0.15) is 0 Å². The third-order valence-corrected chi connectivity index (χ3v) is 3.96. The van der Waals surface area contributed by atoms with Crippen LogP contribution >= 0.6 is 0 Å². The van der Waals surface area contributed by atoms with Crippen molar-refractivity contribution < 1.29 is 14.6 Å². The van der Waals surface area contributed by atoms with Gasteiger partial charge in [0.15, 0.2) is 0 Å². The average molecular weight is 291 g/mol. The van der Waals surface area contributed by atoms with E-state index in [1.807, 2.05) is 44.2 Å². The Kier molecular flexibility index (Phi) is 5.59. The minimum Gasteiger partial charge on any atom is -0.394 e. The van der Waals surface area contributed by atoms with Crippen LogP contribution in [0.1, 0.15) is 19.4 Å². The lowest BCUT2D eigenvalue weighted by molar-refractivity contribution is -0.169. The first-order valence-electron chi connectivity index (χ1n) is 7.13. The fourth-order valence-electron chi connectivity index (χ4n) is 2.72. The van der Waals surface area contributed by atoms with Crippen LogP contribution < -0.4 is 0 Å². The molecule has 21 heavy (non-hydrogen) atoms. The molecule has 0 amide bonds. The summed E-state index contributed by atoms with van der Waals surface area (Å²) < 4.78 is 11.7. The number of nitrogens with zero attached hydrogens (tertiary/aromatic N) is 3. The molecule has 114 valence electrons. The number of benzene rings is 1. The second-order valence-corrected chi connectivity index (χ2v) is 5.38. The molecule has 6 heteroatoms. The average Bonchev–Trinajstić information content (AvgIpc) is 2.51. The van der Waals surface area contributed by atoms with Crippen LogP contribution in [-0.2, 0) is 16.1 Å². The summed E-state index contributed by atoms with van der Waals surface area (Å²) in [5, 5.41) is 13.2. The normalized spacial score (nSPS) is 32.4. The van der Waals surface area contributed by atoms with E-state index in [1.54, 1.807) is 0 Å². The van der Waals surface area contributed by atoms with Gasteiger partial charge in [-0.05, 0) is 18.0 Å². The summed E-state index contributed by atoms with van der Waals surface area (Å²) in [6.07, 6.45) is -0.858. The summed E-state index contributed by atoms with van der Waals surface area (Å²) in [6.45, 7) is 4.16. The molecule has 1 aliphatic heterocycles. The van der Waals surface area contributed by atoms with Crippen molar-refractivity contribution in [3.05, 3.63) is 46.3 Å². The van der Waals surface area contributed by atoms with Gasteiger partial charge in [0, 0.05) is 10.8 Å². The van der Waals surface area contributed by atoms with Crippen LogP contribution in [0.15, 0.2) is 35.4 Å². The fourth-order valence-corrected chi connectivity index (χ4v) is 2.72. The summed E-state index contributed by atoms with van der Waals surface area (Å²) in [7, 11) is 0. The monoisotopic (exact) mass is 291 g/mol. The van der Waals surface area contributed by atoms with Crippen LogP contribution in [0, 0.1) is 5.92 Å². The zero-order chi connectivity index (χ0) is 15.2. The molecular weight excluding hydrogens is 270 g/mol. The Morgan fingerprint density at radius 1 is 1.33 bits per heavy atom. The zero-order valence-corrected chi connectivity index (χ0v) is 12.3. The number of rotatable bonds is 5. The van der Waals surface area contributed by atoms with E-state index in [0.29, 0.717) is 6.61 Å². The second kappa shape index (κ2) is 7.43. The lowest BCUT2D eigenvalue weighted by atomic mass is 9.87. The molecule has 0 bridgehead atoms. The lowest BCUT2D eigenvalue weighted by Crippen LogP contribution is -2.53. The Morgan fingerprint density at radius 3 is 2.67 bits per heavy atom. The highest BCUT2D eigenvalue weighted by atomic mass is 16.5. The van der Waals surface area contributed by atoms with Gasteiger partial charge in [0.05, 0.1) is 37.6 Å². The van der Waals surface area contributed by atoms with Crippen molar-refractivity contribution >= 4 is 0 Å². The van der Waals surface area contributed by atoms with Crippen LogP contribution in [0.2, 0.25) is 0 Å². The van der Waals surface area contributed by atoms with Gasteiger partial charge in [-0.1, -0.05) is 42.4 Å². The van der Waals surface area contributed by atoms with Gasteiger partial charge in [0.2, 0.25) is 0 Å². The fraction of sp³-hybridized carbons (Fsp3) is 0.600. The molecule has 0 aliphatic carbocycles. The van der Waals surface area contributed by atoms with Crippen molar-refractivity contribution in [3.63, 3.8) is 0 Å². The van der Waals surface area contributed by atoms with Crippen molar-refractivity contribution in [3.8, 4) is 0 Å². The van der Waals surface area contributed by atoms with E-state index in [0.717, 1.165) is 5.56 Å². The second-order valence-electron chi connectivity index (χ2n) is 5.38. The minimum absolute atomic E-state index is 0.0505. The Bertz CT molecular complexity index is 490. The van der Waals surface area contributed by atoms with Gasteiger partial charge in [-0.2, -0.15) is 0 Å². The molecule has 1 aromatic rings. The van der Waals surface area contributed by atoms with Crippen molar-refractivity contribution in [2.75, 3.05) is 6.61 Å². The highest BCUT2D eigenvalue weighted by molar-refractivity contribution is 5.13. The maximum absolute atomic E-state index is 9.41. The molecule has 0 radical (unpaired) electrons. The third kappa shape index (κ3) is 3.74. The van der Waals surface area contributed by atoms with Crippen molar-refractivity contribution in [1.29, 1.82) is 0 Å². The van der Waals surface area contributed by atoms with Gasteiger partial charge < -0.3 is 14.6 Å². The molecule has 1 aliphatic rings. The number of aliphatic hydroxyl groups is 1. The molecule has 1 N–H and O–H groups in total. The largest absolute Gasteiger partial charge is 0.394 e. The van der Waals surface area contributed by atoms with Crippen LogP contribution in [0.4, 0.5) is 0 Å². The van der Waals surface area contributed by atoms with Gasteiger partial charge in [0.25, 0.3) is 0 Å². The number of azide groups is 1. The summed E-state index contributed by atoms with van der Waals surface area (Å²) in [5.41, 5.74) is 9.81. The SMILES string of the molecule is CC1OC(CO)C(C)[C@H](OCc2ccccc2)[C@H]1N=[N+]=[N-]. The molecule has 6 nitrogen and oxygen atoms in total. The highest BCUT2D eigenvalue weighted by Gasteiger charge is 2.41.